The average Bonchev–Trinajstić information content (AvgIpc) is 2.48. The summed E-state index contributed by atoms with van der Waals surface area (Å²) < 4.78 is 0. The third-order valence-corrected chi connectivity index (χ3v) is 3.51. The molecule has 3 heteroatoms. The van der Waals surface area contributed by atoms with E-state index in [0.717, 1.165) is 17.5 Å². The summed E-state index contributed by atoms with van der Waals surface area (Å²) in [6.45, 7) is 3.20. The summed E-state index contributed by atoms with van der Waals surface area (Å²) in [4.78, 5) is 12.0. The van der Waals surface area contributed by atoms with E-state index in [1.54, 1.807) is 0 Å². The number of rotatable bonds is 6. The molecule has 0 bridgehead atoms. The summed E-state index contributed by atoms with van der Waals surface area (Å²) in [5, 5.41) is 2.97. The highest BCUT2D eigenvalue weighted by molar-refractivity contribution is 5.78. The van der Waals surface area contributed by atoms with Gasteiger partial charge in [-0.25, -0.2) is 0 Å². The first-order chi connectivity index (χ1) is 10.2. The van der Waals surface area contributed by atoms with Crippen molar-refractivity contribution >= 4 is 5.91 Å². The molecule has 1 amide bonds. The van der Waals surface area contributed by atoms with Crippen LogP contribution in [-0.2, 0) is 24.2 Å². The van der Waals surface area contributed by atoms with E-state index in [0.29, 0.717) is 19.5 Å². The van der Waals surface area contributed by atoms with Gasteiger partial charge in [0.1, 0.15) is 0 Å². The van der Waals surface area contributed by atoms with E-state index in [2.05, 4.69) is 30.4 Å². The maximum absolute atomic E-state index is 12.0. The van der Waals surface area contributed by atoms with Crippen LogP contribution in [0.2, 0.25) is 0 Å². The smallest absolute Gasteiger partial charge is 0.224 e. The highest BCUT2D eigenvalue weighted by Crippen LogP contribution is 2.08. The van der Waals surface area contributed by atoms with Crippen molar-refractivity contribution in [3.63, 3.8) is 0 Å². The lowest BCUT2D eigenvalue weighted by Gasteiger charge is -2.09. The first-order valence-electron chi connectivity index (χ1n) is 7.28. The quantitative estimate of drug-likeness (QED) is 0.854. The lowest BCUT2D eigenvalue weighted by Crippen LogP contribution is -2.27. The zero-order chi connectivity index (χ0) is 15.1. The molecule has 21 heavy (non-hydrogen) atoms. The number of amides is 1. The van der Waals surface area contributed by atoms with Crippen molar-refractivity contribution in [1.82, 2.24) is 5.32 Å². The van der Waals surface area contributed by atoms with Crippen LogP contribution in [-0.4, -0.2) is 12.5 Å². The van der Waals surface area contributed by atoms with E-state index < -0.39 is 0 Å². The third-order valence-electron chi connectivity index (χ3n) is 3.51. The van der Waals surface area contributed by atoms with E-state index in [1.807, 2.05) is 30.3 Å². The molecule has 0 fully saturated rings. The lowest BCUT2D eigenvalue weighted by molar-refractivity contribution is -0.120. The zero-order valence-corrected chi connectivity index (χ0v) is 12.4. The van der Waals surface area contributed by atoms with Crippen LogP contribution in [0.4, 0.5) is 0 Å². The van der Waals surface area contributed by atoms with Gasteiger partial charge in [-0.05, 0) is 30.0 Å². The molecule has 2 aromatic rings. The minimum absolute atomic E-state index is 0.0450. The minimum Gasteiger partial charge on any atom is -0.355 e. The number of carbonyl (C=O) groups excluding carboxylic acids is 1. The first-order valence-corrected chi connectivity index (χ1v) is 7.28. The van der Waals surface area contributed by atoms with Gasteiger partial charge in [0.05, 0.1) is 6.42 Å². The average molecular weight is 282 g/mol. The predicted molar refractivity (Wildman–Crippen MR) is 85.9 cm³/mol. The summed E-state index contributed by atoms with van der Waals surface area (Å²) in [6.07, 6.45) is 1.24. The van der Waals surface area contributed by atoms with Crippen molar-refractivity contribution < 1.29 is 4.79 Å². The van der Waals surface area contributed by atoms with Gasteiger partial charge in [-0.1, -0.05) is 54.1 Å². The van der Waals surface area contributed by atoms with Crippen molar-refractivity contribution in [2.75, 3.05) is 6.54 Å². The lowest BCUT2D eigenvalue weighted by atomic mass is 10.0. The molecule has 0 saturated carbocycles. The van der Waals surface area contributed by atoms with Crippen LogP contribution in [0, 0.1) is 6.92 Å². The van der Waals surface area contributed by atoms with Gasteiger partial charge in [-0.2, -0.15) is 0 Å². The maximum Gasteiger partial charge on any atom is 0.224 e. The number of carbonyl (C=O) groups is 1. The Labute approximate surface area is 126 Å². The van der Waals surface area contributed by atoms with Crippen molar-refractivity contribution in [3.8, 4) is 0 Å². The molecule has 0 aliphatic carbocycles. The molecule has 2 aromatic carbocycles. The molecule has 3 nitrogen and oxygen atoms in total. The van der Waals surface area contributed by atoms with Gasteiger partial charge in [0, 0.05) is 13.1 Å². The van der Waals surface area contributed by atoms with Gasteiger partial charge < -0.3 is 11.1 Å². The molecule has 0 unspecified atom stereocenters. The highest BCUT2D eigenvalue weighted by Gasteiger charge is 2.06. The number of benzene rings is 2. The number of nitrogens with two attached hydrogens (primary N) is 1. The second-order valence-corrected chi connectivity index (χ2v) is 5.24. The molecule has 0 atom stereocenters. The minimum atomic E-state index is 0.0450. The third kappa shape index (κ3) is 4.72. The predicted octanol–water partition coefficient (Wildman–Crippen LogP) is 2.36. The van der Waals surface area contributed by atoms with Crippen LogP contribution >= 0.6 is 0 Å². The Bertz CT molecular complexity index is 608. The van der Waals surface area contributed by atoms with Gasteiger partial charge in [-0.3, -0.25) is 4.79 Å². The molecule has 110 valence electrons. The van der Waals surface area contributed by atoms with Crippen LogP contribution in [0.25, 0.3) is 0 Å². The molecule has 0 spiro atoms. The second-order valence-electron chi connectivity index (χ2n) is 5.24. The SMILES string of the molecule is Cc1cccc(CCNC(=O)Cc2ccccc2CN)c1. The fourth-order valence-electron chi connectivity index (χ4n) is 2.38. The summed E-state index contributed by atoms with van der Waals surface area (Å²) in [6, 6.07) is 16.2. The molecule has 0 aliphatic rings. The van der Waals surface area contributed by atoms with E-state index >= 15 is 0 Å². The Hall–Kier alpha value is -2.13. The van der Waals surface area contributed by atoms with Gasteiger partial charge >= 0.3 is 0 Å². The van der Waals surface area contributed by atoms with Crippen molar-refractivity contribution in [3.05, 3.63) is 70.8 Å². The van der Waals surface area contributed by atoms with Crippen LogP contribution in [0.5, 0.6) is 0 Å². The molecule has 3 N–H and O–H groups in total. The standard InChI is InChI=1S/C18H22N2O/c1-14-5-4-6-15(11-14)9-10-20-18(21)12-16-7-2-3-8-17(16)13-19/h2-8,11H,9-10,12-13,19H2,1H3,(H,20,21). The Balaban J connectivity index is 1.82. The molecular weight excluding hydrogens is 260 g/mol. The first kappa shape index (κ1) is 15.3. The zero-order valence-electron chi connectivity index (χ0n) is 12.4. The number of hydrogen-bond donors (Lipinski definition) is 2. The molecule has 0 aliphatic heterocycles. The van der Waals surface area contributed by atoms with E-state index in [9.17, 15) is 4.79 Å². The van der Waals surface area contributed by atoms with Gasteiger partial charge in [0.15, 0.2) is 0 Å². The molecule has 0 saturated heterocycles. The van der Waals surface area contributed by atoms with Gasteiger partial charge in [0.2, 0.25) is 5.91 Å². The van der Waals surface area contributed by atoms with E-state index in [-0.39, 0.29) is 5.91 Å². The van der Waals surface area contributed by atoms with Gasteiger partial charge in [0.25, 0.3) is 0 Å². The number of aryl methyl sites for hydroxylation is 1. The fourth-order valence-corrected chi connectivity index (χ4v) is 2.38. The molecule has 0 radical (unpaired) electrons. The molecule has 0 aromatic heterocycles. The molecular formula is C18H22N2O. The monoisotopic (exact) mass is 282 g/mol. The number of nitrogens with one attached hydrogen (secondary N) is 1. The number of hydrogen-bond acceptors (Lipinski definition) is 2. The topological polar surface area (TPSA) is 55.1 Å². The largest absolute Gasteiger partial charge is 0.355 e. The molecule has 2 rings (SSSR count). The van der Waals surface area contributed by atoms with Gasteiger partial charge in [-0.15, -0.1) is 0 Å². The summed E-state index contributed by atoms with van der Waals surface area (Å²) >= 11 is 0. The van der Waals surface area contributed by atoms with Crippen molar-refractivity contribution in [2.45, 2.75) is 26.3 Å². The summed E-state index contributed by atoms with van der Waals surface area (Å²) in [5.41, 5.74) is 10.2. The normalized spacial score (nSPS) is 10.4. The Morgan fingerprint density at radius 1 is 1.10 bits per heavy atom. The maximum atomic E-state index is 12.0. The Morgan fingerprint density at radius 3 is 2.57 bits per heavy atom. The summed E-state index contributed by atoms with van der Waals surface area (Å²) in [5.74, 6) is 0.0450. The van der Waals surface area contributed by atoms with Crippen LogP contribution in [0.1, 0.15) is 22.3 Å². The Morgan fingerprint density at radius 2 is 1.86 bits per heavy atom. The van der Waals surface area contributed by atoms with Crippen LogP contribution < -0.4 is 11.1 Å². The van der Waals surface area contributed by atoms with Crippen molar-refractivity contribution in [2.24, 2.45) is 5.73 Å². The highest BCUT2D eigenvalue weighted by atomic mass is 16.1. The fraction of sp³-hybridized carbons (Fsp3) is 0.278. The van der Waals surface area contributed by atoms with Crippen molar-refractivity contribution in [1.29, 1.82) is 0 Å². The Kier molecular flexibility index (Phi) is 5.52. The second kappa shape index (κ2) is 7.60. The van der Waals surface area contributed by atoms with Crippen LogP contribution in [0.3, 0.4) is 0 Å². The molecule has 0 heterocycles. The summed E-state index contributed by atoms with van der Waals surface area (Å²) in [7, 11) is 0. The van der Waals surface area contributed by atoms with E-state index in [4.69, 9.17) is 5.73 Å². The van der Waals surface area contributed by atoms with Crippen LogP contribution in [0.15, 0.2) is 48.5 Å². The van der Waals surface area contributed by atoms with E-state index in [1.165, 1.54) is 11.1 Å².